The summed E-state index contributed by atoms with van der Waals surface area (Å²) in [5, 5.41) is 9.62. The van der Waals surface area contributed by atoms with E-state index in [1.54, 1.807) is 0 Å². The first-order chi connectivity index (χ1) is 31.6. The van der Waals surface area contributed by atoms with Crippen LogP contribution in [0.15, 0.2) is 48.6 Å². The lowest BCUT2D eigenvalue weighted by Gasteiger charge is -2.15. The molecule has 1 unspecified atom stereocenters. The predicted octanol–water partition coefficient (Wildman–Crippen LogP) is 18.9. The van der Waals surface area contributed by atoms with Crippen LogP contribution in [0.4, 0.5) is 0 Å². The van der Waals surface area contributed by atoms with Crippen molar-refractivity contribution in [3.8, 4) is 0 Å². The molecular formula is C59H108O5. The lowest BCUT2D eigenvalue weighted by atomic mass is 10.0. The second kappa shape index (κ2) is 55.2. The zero-order valence-corrected chi connectivity index (χ0v) is 42.8. The van der Waals surface area contributed by atoms with Crippen LogP contribution in [-0.4, -0.2) is 36.4 Å². The van der Waals surface area contributed by atoms with E-state index in [0.717, 1.165) is 57.8 Å². The van der Waals surface area contributed by atoms with Crippen LogP contribution < -0.4 is 0 Å². The van der Waals surface area contributed by atoms with Crippen LogP contribution in [0, 0.1) is 0 Å². The van der Waals surface area contributed by atoms with E-state index in [-0.39, 0.29) is 25.2 Å². The number of allylic oxidation sites excluding steroid dienone is 8. The van der Waals surface area contributed by atoms with Crippen molar-refractivity contribution in [2.45, 2.75) is 302 Å². The molecule has 0 aliphatic carbocycles. The highest BCUT2D eigenvalue weighted by atomic mass is 16.6. The number of carbonyl (C=O) groups is 2. The molecule has 0 bridgehead atoms. The minimum atomic E-state index is -0.776. The molecule has 0 aromatic rings. The number of rotatable bonds is 52. The number of aliphatic hydroxyl groups is 1. The van der Waals surface area contributed by atoms with Gasteiger partial charge in [0.15, 0.2) is 6.10 Å². The van der Waals surface area contributed by atoms with Crippen molar-refractivity contribution in [3.05, 3.63) is 48.6 Å². The molecule has 5 heteroatoms. The van der Waals surface area contributed by atoms with E-state index < -0.39 is 6.10 Å². The fraction of sp³-hybridized carbons (Fsp3) is 0.831. The van der Waals surface area contributed by atoms with Crippen LogP contribution in [0.3, 0.4) is 0 Å². The maximum absolute atomic E-state index is 12.3. The van der Waals surface area contributed by atoms with Crippen LogP contribution in [0.25, 0.3) is 0 Å². The normalized spacial score (nSPS) is 12.5. The minimum absolute atomic E-state index is 0.0704. The van der Waals surface area contributed by atoms with Crippen LogP contribution in [0.2, 0.25) is 0 Å². The third kappa shape index (κ3) is 52.5. The number of aliphatic hydroxyl groups excluding tert-OH is 1. The highest BCUT2D eigenvalue weighted by Crippen LogP contribution is 2.17. The van der Waals surface area contributed by atoms with Crippen LogP contribution in [0.1, 0.15) is 296 Å². The summed E-state index contributed by atoms with van der Waals surface area (Å²) >= 11 is 0. The summed E-state index contributed by atoms with van der Waals surface area (Å²) in [7, 11) is 0. The van der Waals surface area contributed by atoms with Gasteiger partial charge in [0.05, 0.1) is 6.61 Å². The lowest BCUT2D eigenvalue weighted by Crippen LogP contribution is -2.28. The van der Waals surface area contributed by atoms with Gasteiger partial charge in [-0.1, -0.05) is 255 Å². The van der Waals surface area contributed by atoms with E-state index in [2.05, 4.69) is 62.5 Å². The van der Waals surface area contributed by atoms with Crippen molar-refractivity contribution in [3.63, 3.8) is 0 Å². The van der Waals surface area contributed by atoms with E-state index in [4.69, 9.17) is 9.47 Å². The molecule has 0 rings (SSSR count). The Kier molecular flexibility index (Phi) is 53.3. The highest BCUT2D eigenvalue weighted by molar-refractivity contribution is 5.70. The first-order valence-electron chi connectivity index (χ1n) is 28.2. The molecule has 0 fully saturated rings. The minimum Gasteiger partial charge on any atom is -0.462 e. The molecule has 5 nitrogen and oxygen atoms in total. The largest absolute Gasteiger partial charge is 0.462 e. The number of esters is 2. The Morgan fingerprint density at radius 1 is 0.359 bits per heavy atom. The number of hydrogen-bond donors (Lipinski definition) is 1. The first-order valence-corrected chi connectivity index (χ1v) is 28.2. The molecule has 0 aliphatic heterocycles. The standard InChI is InChI=1S/C59H108O5/c1-3-5-7-9-11-13-15-17-19-20-21-22-23-24-25-26-27-28-29-30-31-32-33-34-35-36-37-38-40-42-44-46-48-50-52-54-59(62)64-57(55-60)56-63-58(61)53-51-49-47-45-43-41-39-18-16-14-12-10-8-6-4-2/h12,14-15,17-18,20-21,39,57,60H,3-11,13,16,19,22-38,40-56H2,1-2H3/b14-12-,17-15-,21-20-,39-18-. The Labute approximate surface area is 398 Å². The van der Waals surface area contributed by atoms with Gasteiger partial charge in [0.2, 0.25) is 0 Å². The maximum Gasteiger partial charge on any atom is 0.306 e. The molecule has 374 valence electrons. The van der Waals surface area contributed by atoms with E-state index in [1.807, 2.05) is 0 Å². The number of hydrogen-bond acceptors (Lipinski definition) is 5. The summed E-state index contributed by atoms with van der Waals surface area (Å²) in [5.74, 6) is -0.595. The molecule has 0 saturated carbocycles. The molecule has 0 aliphatic rings. The fourth-order valence-corrected chi connectivity index (χ4v) is 8.32. The van der Waals surface area contributed by atoms with Gasteiger partial charge in [-0.15, -0.1) is 0 Å². The second-order valence-corrected chi connectivity index (χ2v) is 19.0. The number of unbranched alkanes of at least 4 members (excludes halogenated alkanes) is 36. The van der Waals surface area contributed by atoms with Crippen molar-refractivity contribution >= 4 is 11.9 Å². The summed E-state index contributed by atoms with van der Waals surface area (Å²) in [4.78, 5) is 24.4. The van der Waals surface area contributed by atoms with E-state index in [9.17, 15) is 14.7 Å². The first kappa shape index (κ1) is 61.9. The Balaban J connectivity index is 3.41. The monoisotopic (exact) mass is 897 g/mol. The molecule has 0 aromatic heterocycles. The number of carbonyl (C=O) groups excluding carboxylic acids is 2. The summed E-state index contributed by atoms with van der Waals surface area (Å²) < 4.78 is 10.7. The average Bonchev–Trinajstić information content (AvgIpc) is 3.30. The molecule has 0 heterocycles. The molecule has 64 heavy (non-hydrogen) atoms. The van der Waals surface area contributed by atoms with Gasteiger partial charge in [-0.05, 0) is 77.0 Å². The van der Waals surface area contributed by atoms with Gasteiger partial charge in [0, 0.05) is 12.8 Å². The molecule has 0 spiro atoms. The summed E-state index contributed by atoms with van der Waals surface area (Å²) in [6, 6.07) is 0. The zero-order valence-electron chi connectivity index (χ0n) is 42.8. The van der Waals surface area contributed by atoms with Crippen molar-refractivity contribution in [1.82, 2.24) is 0 Å². The Bertz CT molecular complexity index is 1060. The van der Waals surface area contributed by atoms with Gasteiger partial charge in [-0.3, -0.25) is 9.59 Å². The molecule has 0 amide bonds. The van der Waals surface area contributed by atoms with Crippen molar-refractivity contribution in [1.29, 1.82) is 0 Å². The van der Waals surface area contributed by atoms with Crippen LogP contribution in [0.5, 0.6) is 0 Å². The molecule has 0 radical (unpaired) electrons. The Morgan fingerprint density at radius 2 is 0.625 bits per heavy atom. The SMILES string of the molecule is CCCCC/C=C\C/C=C\CCCCCCCC(=O)OCC(CO)OC(=O)CCCCCCCCCCCCCCCCCCCCCCCCC/C=C\C/C=C\CCCCCCC. The molecule has 1 N–H and O–H groups in total. The Hall–Kier alpha value is -2.14. The lowest BCUT2D eigenvalue weighted by molar-refractivity contribution is -0.161. The van der Waals surface area contributed by atoms with E-state index in [0.29, 0.717) is 12.8 Å². The van der Waals surface area contributed by atoms with Crippen LogP contribution in [-0.2, 0) is 19.1 Å². The third-order valence-electron chi connectivity index (χ3n) is 12.6. The Morgan fingerprint density at radius 3 is 0.953 bits per heavy atom. The molecule has 0 saturated heterocycles. The molecule has 1 atom stereocenters. The fourth-order valence-electron chi connectivity index (χ4n) is 8.32. The van der Waals surface area contributed by atoms with Crippen molar-refractivity contribution < 1.29 is 24.2 Å². The van der Waals surface area contributed by atoms with Gasteiger partial charge in [-0.2, -0.15) is 0 Å². The zero-order chi connectivity index (χ0) is 46.3. The van der Waals surface area contributed by atoms with Crippen LogP contribution >= 0.6 is 0 Å². The smallest absolute Gasteiger partial charge is 0.306 e. The van der Waals surface area contributed by atoms with Gasteiger partial charge >= 0.3 is 11.9 Å². The quantitative estimate of drug-likeness (QED) is 0.0374. The summed E-state index contributed by atoms with van der Waals surface area (Å²) in [5.41, 5.74) is 0. The van der Waals surface area contributed by atoms with Crippen molar-refractivity contribution in [2.24, 2.45) is 0 Å². The van der Waals surface area contributed by atoms with Gasteiger partial charge in [-0.25, -0.2) is 0 Å². The van der Waals surface area contributed by atoms with E-state index >= 15 is 0 Å². The molecule has 0 aromatic carbocycles. The van der Waals surface area contributed by atoms with E-state index in [1.165, 1.54) is 212 Å². The second-order valence-electron chi connectivity index (χ2n) is 19.0. The number of ether oxygens (including phenoxy) is 2. The van der Waals surface area contributed by atoms with Crippen molar-refractivity contribution in [2.75, 3.05) is 13.2 Å². The predicted molar refractivity (Wildman–Crippen MR) is 279 cm³/mol. The highest BCUT2D eigenvalue weighted by Gasteiger charge is 2.16. The van der Waals surface area contributed by atoms with Gasteiger partial charge in [0.1, 0.15) is 6.61 Å². The maximum atomic E-state index is 12.3. The average molecular weight is 898 g/mol. The topological polar surface area (TPSA) is 72.8 Å². The molecular weight excluding hydrogens is 789 g/mol. The van der Waals surface area contributed by atoms with Gasteiger partial charge in [0.25, 0.3) is 0 Å². The third-order valence-corrected chi connectivity index (χ3v) is 12.6. The summed E-state index contributed by atoms with van der Waals surface area (Å²) in [6.45, 7) is 4.12. The van der Waals surface area contributed by atoms with Gasteiger partial charge < -0.3 is 14.6 Å². The summed E-state index contributed by atoms with van der Waals surface area (Å²) in [6.07, 6.45) is 72.4.